The lowest BCUT2D eigenvalue weighted by Crippen LogP contribution is -2.33. The number of furan rings is 1. The Hall–Kier alpha value is -1.81. The topological polar surface area (TPSA) is 54.3 Å². The first-order valence-electron chi connectivity index (χ1n) is 7.73. The summed E-state index contributed by atoms with van der Waals surface area (Å²) in [4.78, 5) is 11.5. The van der Waals surface area contributed by atoms with Gasteiger partial charge in [-0.15, -0.1) is 0 Å². The van der Waals surface area contributed by atoms with Crippen LogP contribution in [0.4, 0.5) is 0 Å². The van der Waals surface area contributed by atoms with E-state index in [9.17, 15) is 4.79 Å². The Bertz CT molecular complexity index is 589. The van der Waals surface area contributed by atoms with E-state index < -0.39 is 0 Å². The van der Waals surface area contributed by atoms with Crippen LogP contribution in [0.25, 0.3) is 11.0 Å². The zero-order chi connectivity index (χ0) is 15.1. The van der Waals surface area contributed by atoms with Crippen LogP contribution in [0.5, 0.6) is 0 Å². The third-order valence-corrected chi connectivity index (χ3v) is 3.50. The minimum Gasteiger partial charge on any atom is -0.461 e. The second-order valence-electron chi connectivity index (χ2n) is 5.16. The number of para-hydroxylation sites is 1. The van der Waals surface area contributed by atoms with Gasteiger partial charge in [0.15, 0.2) is 0 Å². The van der Waals surface area contributed by atoms with Crippen LogP contribution >= 0.6 is 0 Å². The maximum Gasteiger partial charge on any atom is 0.233 e. The molecule has 114 valence electrons. The summed E-state index contributed by atoms with van der Waals surface area (Å²) < 4.78 is 5.97. The monoisotopic (exact) mass is 288 g/mol. The highest BCUT2D eigenvalue weighted by atomic mass is 16.3. The SMILES string of the molecule is CCCCc1oc2ccccc2c1CNCC(=O)NCC. The summed E-state index contributed by atoms with van der Waals surface area (Å²) in [6.07, 6.45) is 3.20. The Morgan fingerprint density at radius 2 is 2.05 bits per heavy atom. The molecule has 0 atom stereocenters. The third-order valence-electron chi connectivity index (χ3n) is 3.50. The molecule has 0 spiro atoms. The van der Waals surface area contributed by atoms with Gasteiger partial charge in [-0.3, -0.25) is 4.79 Å². The zero-order valence-electron chi connectivity index (χ0n) is 12.9. The Morgan fingerprint density at radius 3 is 2.81 bits per heavy atom. The fourth-order valence-corrected chi connectivity index (χ4v) is 2.44. The van der Waals surface area contributed by atoms with Gasteiger partial charge in [-0.05, 0) is 19.4 Å². The van der Waals surface area contributed by atoms with Crippen molar-refractivity contribution in [1.29, 1.82) is 0 Å². The molecule has 2 aromatic rings. The molecular weight excluding hydrogens is 264 g/mol. The van der Waals surface area contributed by atoms with E-state index in [1.807, 2.05) is 25.1 Å². The van der Waals surface area contributed by atoms with Crippen LogP contribution in [0.2, 0.25) is 0 Å². The summed E-state index contributed by atoms with van der Waals surface area (Å²) in [5.41, 5.74) is 2.11. The fraction of sp³-hybridized carbons (Fsp3) is 0.471. The van der Waals surface area contributed by atoms with Gasteiger partial charge >= 0.3 is 0 Å². The van der Waals surface area contributed by atoms with Gasteiger partial charge in [-0.25, -0.2) is 0 Å². The molecular formula is C17H24N2O2. The van der Waals surface area contributed by atoms with Gasteiger partial charge in [0.05, 0.1) is 6.54 Å². The number of hydrogen-bond donors (Lipinski definition) is 2. The van der Waals surface area contributed by atoms with E-state index in [2.05, 4.69) is 23.6 Å². The molecule has 0 unspecified atom stereocenters. The van der Waals surface area contributed by atoms with E-state index in [4.69, 9.17) is 4.42 Å². The average Bonchev–Trinajstić information content (AvgIpc) is 2.83. The molecule has 0 aliphatic heterocycles. The number of unbranched alkanes of at least 4 members (excludes halogenated alkanes) is 1. The van der Waals surface area contributed by atoms with E-state index in [1.54, 1.807) is 0 Å². The molecule has 1 heterocycles. The summed E-state index contributed by atoms with van der Waals surface area (Å²) in [7, 11) is 0. The lowest BCUT2D eigenvalue weighted by molar-refractivity contribution is -0.120. The minimum atomic E-state index is 0.0282. The number of hydrogen-bond acceptors (Lipinski definition) is 3. The Balaban J connectivity index is 2.10. The number of carbonyl (C=O) groups excluding carboxylic acids is 1. The van der Waals surface area contributed by atoms with Gasteiger partial charge in [0.25, 0.3) is 0 Å². The summed E-state index contributed by atoms with van der Waals surface area (Å²) in [5, 5.41) is 7.14. The molecule has 0 aliphatic carbocycles. The second-order valence-corrected chi connectivity index (χ2v) is 5.16. The van der Waals surface area contributed by atoms with E-state index in [0.717, 1.165) is 36.0 Å². The predicted octanol–water partition coefficient (Wildman–Crippen LogP) is 3.00. The molecule has 0 bridgehead atoms. The van der Waals surface area contributed by atoms with Crippen molar-refractivity contribution in [2.75, 3.05) is 13.1 Å². The Labute approximate surface area is 125 Å². The standard InChI is InChI=1S/C17H24N2O2/c1-3-5-9-16-14(11-18-12-17(20)19-4-2)13-8-6-7-10-15(13)21-16/h6-8,10,18H,3-5,9,11-12H2,1-2H3,(H,19,20). The van der Waals surface area contributed by atoms with E-state index in [1.165, 1.54) is 5.56 Å². The van der Waals surface area contributed by atoms with Crippen LogP contribution in [0.3, 0.4) is 0 Å². The van der Waals surface area contributed by atoms with Gasteiger partial charge in [-0.2, -0.15) is 0 Å². The van der Waals surface area contributed by atoms with Crippen molar-refractivity contribution in [2.45, 2.75) is 39.7 Å². The molecule has 21 heavy (non-hydrogen) atoms. The number of rotatable bonds is 8. The van der Waals surface area contributed by atoms with Gasteiger partial charge in [0.1, 0.15) is 11.3 Å². The molecule has 2 rings (SSSR count). The Morgan fingerprint density at radius 1 is 1.24 bits per heavy atom. The smallest absolute Gasteiger partial charge is 0.233 e. The normalized spacial score (nSPS) is 11.0. The maximum absolute atomic E-state index is 11.5. The molecule has 1 amide bonds. The predicted molar refractivity (Wildman–Crippen MR) is 85.2 cm³/mol. The summed E-state index contributed by atoms with van der Waals surface area (Å²) >= 11 is 0. The molecule has 0 fully saturated rings. The molecule has 0 radical (unpaired) electrons. The quantitative estimate of drug-likeness (QED) is 0.785. The molecule has 0 saturated carbocycles. The molecule has 1 aromatic heterocycles. The van der Waals surface area contributed by atoms with Crippen LogP contribution in [0.15, 0.2) is 28.7 Å². The van der Waals surface area contributed by atoms with Crippen molar-refractivity contribution in [3.05, 3.63) is 35.6 Å². The minimum absolute atomic E-state index is 0.0282. The molecule has 2 N–H and O–H groups in total. The summed E-state index contributed by atoms with van der Waals surface area (Å²) in [6.45, 7) is 5.75. The van der Waals surface area contributed by atoms with Crippen LogP contribution in [0, 0.1) is 0 Å². The van der Waals surface area contributed by atoms with Crippen molar-refractivity contribution in [3.8, 4) is 0 Å². The van der Waals surface area contributed by atoms with E-state index in [-0.39, 0.29) is 5.91 Å². The number of fused-ring (bicyclic) bond motifs is 1. The van der Waals surface area contributed by atoms with E-state index >= 15 is 0 Å². The number of likely N-dealkylation sites (N-methyl/N-ethyl adjacent to an activating group) is 1. The first-order valence-corrected chi connectivity index (χ1v) is 7.73. The molecule has 4 nitrogen and oxygen atoms in total. The molecule has 0 aliphatic rings. The highest BCUT2D eigenvalue weighted by Crippen LogP contribution is 2.27. The van der Waals surface area contributed by atoms with Crippen LogP contribution < -0.4 is 10.6 Å². The van der Waals surface area contributed by atoms with E-state index in [0.29, 0.717) is 19.6 Å². The Kier molecular flexibility index (Phi) is 5.81. The van der Waals surface area contributed by atoms with Crippen LogP contribution in [-0.4, -0.2) is 19.0 Å². The lowest BCUT2D eigenvalue weighted by Gasteiger charge is -2.06. The molecule has 0 saturated heterocycles. The summed E-state index contributed by atoms with van der Waals surface area (Å²) in [6, 6.07) is 8.09. The van der Waals surface area contributed by atoms with Crippen molar-refractivity contribution in [1.82, 2.24) is 10.6 Å². The van der Waals surface area contributed by atoms with Crippen LogP contribution in [-0.2, 0) is 17.8 Å². The number of amides is 1. The van der Waals surface area contributed by atoms with Gasteiger partial charge in [-0.1, -0.05) is 31.5 Å². The lowest BCUT2D eigenvalue weighted by atomic mass is 10.1. The number of carbonyl (C=O) groups is 1. The number of benzene rings is 1. The first kappa shape index (κ1) is 15.6. The number of nitrogens with one attached hydrogen (secondary N) is 2. The van der Waals surface area contributed by atoms with Crippen molar-refractivity contribution < 1.29 is 9.21 Å². The van der Waals surface area contributed by atoms with Crippen LogP contribution in [0.1, 0.15) is 38.0 Å². The highest BCUT2D eigenvalue weighted by molar-refractivity contribution is 5.82. The van der Waals surface area contributed by atoms with Gasteiger partial charge in [0, 0.05) is 30.5 Å². The maximum atomic E-state index is 11.5. The summed E-state index contributed by atoms with van der Waals surface area (Å²) in [5.74, 6) is 1.07. The van der Waals surface area contributed by atoms with Crippen molar-refractivity contribution >= 4 is 16.9 Å². The second kappa shape index (κ2) is 7.84. The third kappa shape index (κ3) is 4.08. The largest absolute Gasteiger partial charge is 0.461 e. The van der Waals surface area contributed by atoms with Gasteiger partial charge in [0.2, 0.25) is 5.91 Å². The zero-order valence-corrected chi connectivity index (χ0v) is 12.9. The average molecular weight is 288 g/mol. The first-order chi connectivity index (χ1) is 10.3. The van der Waals surface area contributed by atoms with Crippen molar-refractivity contribution in [3.63, 3.8) is 0 Å². The highest BCUT2D eigenvalue weighted by Gasteiger charge is 2.13. The van der Waals surface area contributed by atoms with Gasteiger partial charge < -0.3 is 15.1 Å². The molecule has 4 heteroatoms. The molecule has 1 aromatic carbocycles. The number of aryl methyl sites for hydroxylation is 1. The van der Waals surface area contributed by atoms with Crippen molar-refractivity contribution in [2.24, 2.45) is 0 Å². The fourth-order valence-electron chi connectivity index (χ4n) is 2.44.